The number of ether oxygens (including phenoxy) is 1. The number of likely N-dealkylation sites (tertiary alicyclic amines) is 1. The van der Waals surface area contributed by atoms with E-state index in [0.29, 0.717) is 4.90 Å². The Morgan fingerprint density at radius 1 is 1.12 bits per heavy atom. The van der Waals surface area contributed by atoms with E-state index in [0.717, 1.165) is 18.2 Å². The minimum Gasteiger partial charge on any atom is -0.481 e. The Morgan fingerprint density at radius 3 is 2.20 bits per heavy atom. The van der Waals surface area contributed by atoms with Gasteiger partial charge in [-0.3, -0.25) is 9.59 Å². The molecular formula is C14H11F6NO4. The number of hydrogen-bond donors (Lipinski definition) is 1. The van der Waals surface area contributed by atoms with Crippen molar-refractivity contribution in [2.24, 2.45) is 5.41 Å². The highest BCUT2D eigenvalue weighted by molar-refractivity contribution is 5.97. The third kappa shape index (κ3) is 3.64. The molecule has 0 radical (unpaired) electrons. The first-order valence-corrected chi connectivity index (χ1v) is 6.81. The monoisotopic (exact) mass is 371 g/mol. The van der Waals surface area contributed by atoms with Gasteiger partial charge in [0.05, 0.1) is 5.56 Å². The number of carbonyl (C=O) groups excluding carboxylic acids is 1. The van der Waals surface area contributed by atoms with Crippen molar-refractivity contribution in [3.05, 3.63) is 29.8 Å². The SMILES string of the molecule is O=C(c1ccccc1OC(F)(F)F)N1CCC(C(=O)O)(C(F)(F)F)C1. The second kappa shape index (κ2) is 6.12. The van der Waals surface area contributed by atoms with Crippen molar-refractivity contribution in [3.63, 3.8) is 0 Å². The van der Waals surface area contributed by atoms with Crippen molar-refractivity contribution in [3.8, 4) is 5.75 Å². The third-order valence-electron chi connectivity index (χ3n) is 3.85. The Bertz CT molecular complexity index is 687. The van der Waals surface area contributed by atoms with E-state index in [-0.39, 0.29) is 0 Å². The van der Waals surface area contributed by atoms with Gasteiger partial charge < -0.3 is 14.7 Å². The van der Waals surface area contributed by atoms with Crippen molar-refractivity contribution in [2.75, 3.05) is 13.1 Å². The van der Waals surface area contributed by atoms with Gasteiger partial charge in [0.2, 0.25) is 0 Å². The Morgan fingerprint density at radius 2 is 1.72 bits per heavy atom. The lowest BCUT2D eigenvalue weighted by molar-refractivity contribution is -0.274. The van der Waals surface area contributed by atoms with Crippen LogP contribution in [-0.2, 0) is 4.79 Å². The fourth-order valence-electron chi connectivity index (χ4n) is 2.54. The highest BCUT2D eigenvalue weighted by Crippen LogP contribution is 2.46. The van der Waals surface area contributed by atoms with E-state index in [1.807, 2.05) is 0 Å². The lowest BCUT2D eigenvalue weighted by atomic mass is 9.86. The fraction of sp³-hybridized carbons (Fsp3) is 0.429. The van der Waals surface area contributed by atoms with E-state index in [9.17, 15) is 35.9 Å². The van der Waals surface area contributed by atoms with Crippen LogP contribution in [0.5, 0.6) is 5.75 Å². The summed E-state index contributed by atoms with van der Waals surface area (Å²) in [7, 11) is 0. The molecule has 11 heteroatoms. The van der Waals surface area contributed by atoms with Gasteiger partial charge in [-0.15, -0.1) is 13.2 Å². The Labute approximate surface area is 136 Å². The topological polar surface area (TPSA) is 66.8 Å². The number of carbonyl (C=O) groups is 2. The van der Waals surface area contributed by atoms with Crippen LogP contribution in [0.25, 0.3) is 0 Å². The van der Waals surface area contributed by atoms with Crippen molar-refractivity contribution in [1.82, 2.24) is 4.90 Å². The lowest BCUT2D eigenvalue weighted by Crippen LogP contribution is -2.47. The van der Waals surface area contributed by atoms with Gasteiger partial charge in [0.15, 0.2) is 5.41 Å². The molecule has 1 aromatic carbocycles. The van der Waals surface area contributed by atoms with E-state index < -0.39 is 60.7 Å². The Hall–Kier alpha value is -2.46. The summed E-state index contributed by atoms with van der Waals surface area (Å²) < 4.78 is 80.2. The lowest BCUT2D eigenvalue weighted by Gasteiger charge is -2.27. The first-order valence-electron chi connectivity index (χ1n) is 6.81. The summed E-state index contributed by atoms with van der Waals surface area (Å²) in [5.74, 6) is -4.19. The van der Waals surface area contributed by atoms with E-state index in [1.54, 1.807) is 0 Å². The summed E-state index contributed by atoms with van der Waals surface area (Å²) in [5.41, 5.74) is -3.76. The van der Waals surface area contributed by atoms with Crippen LogP contribution in [0, 0.1) is 5.41 Å². The summed E-state index contributed by atoms with van der Waals surface area (Å²) in [4.78, 5) is 24.0. The zero-order valence-corrected chi connectivity index (χ0v) is 12.3. The highest BCUT2D eigenvalue weighted by Gasteiger charge is 2.64. The first kappa shape index (κ1) is 18.9. The van der Waals surface area contributed by atoms with Gasteiger partial charge in [-0.2, -0.15) is 13.2 Å². The number of hydrogen-bond acceptors (Lipinski definition) is 3. The van der Waals surface area contributed by atoms with Crippen LogP contribution in [0.15, 0.2) is 24.3 Å². The molecule has 0 spiro atoms. The van der Waals surface area contributed by atoms with Crippen LogP contribution in [0.1, 0.15) is 16.8 Å². The van der Waals surface area contributed by atoms with Gasteiger partial charge in [0.1, 0.15) is 5.75 Å². The van der Waals surface area contributed by atoms with Gasteiger partial charge in [-0.05, 0) is 18.6 Å². The molecule has 0 aliphatic carbocycles. The summed E-state index contributed by atoms with van der Waals surface area (Å²) in [5, 5.41) is 8.95. The zero-order chi connectivity index (χ0) is 19.0. The molecule has 1 fully saturated rings. The highest BCUT2D eigenvalue weighted by atomic mass is 19.4. The number of benzene rings is 1. The molecule has 0 bridgehead atoms. The molecule has 1 atom stereocenters. The molecule has 1 amide bonds. The number of halogens is 6. The van der Waals surface area contributed by atoms with Gasteiger partial charge in [-0.1, -0.05) is 12.1 Å². The predicted molar refractivity (Wildman–Crippen MR) is 69.8 cm³/mol. The van der Waals surface area contributed by atoms with Crippen LogP contribution in [0.3, 0.4) is 0 Å². The molecule has 0 aromatic heterocycles. The molecule has 138 valence electrons. The normalized spacial score (nSPS) is 21.3. The quantitative estimate of drug-likeness (QED) is 0.830. The van der Waals surface area contributed by atoms with Gasteiger partial charge >= 0.3 is 18.5 Å². The zero-order valence-electron chi connectivity index (χ0n) is 12.3. The number of para-hydroxylation sites is 1. The molecule has 25 heavy (non-hydrogen) atoms. The molecule has 2 rings (SSSR count). The summed E-state index contributed by atoms with van der Waals surface area (Å²) in [6.07, 6.45) is -11.1. The van der Waals surface area contributed by atoms with Crippen molar-refractivity contribution < 1.29 is 45.8 Å². The van der Waals surface area contributed by atoms with Crippen LogP contribution < -0.4 is 4.74 Å². The average Bonchev–Trinajstić information content (AvgIpc) is 2.91. The summed E-state index contributed by atoms with van der Waals surface area (Å²) in [6, 6.07) is 4.16. The molecule has 1 saturated heterocycles. The van der Waals surface area contributed by atoms with Crippen molar-refractivity contribution in [1.29, 1.82) is 0 Å². The molecule has 1 heterocycles. The van der Waals surface area contributed by atoms with Gasteiger partial charge in [0.25, 0.3) is 5.91 Å². The molecule has 5 nitrogen and oxygen atoms in total. The van der Waals surface area contributed by atoms with Crippen LogP contribution in [0.4, 0.5) is 26.3 Å². The van der Waals surface area contributed by atoms with E-state index in [1.165, 1.54) is 6.07 Å². The molecule has 1 aromatic rings. The molecule has 1 N–H and O–H groups in total. The molecular weight excluding hydrogens is 360 g/mol. The number of nitrogens with zero attached hydrogens (tertiary/aromatic N) is 1. The smallest absolute Gasteiger partial charge is 0.481 e. The van der Waals surface area contributed by atoms with Gasteiger partial charge in [0, 0.05) is 13.1 Å². The van der Waals surface area contributed by atoms with E-state index in [2.05, 4.69) is 4.74 Å². The third-order valence-corrected chi connectivity index (χ3v) is 3.85. The van der Waals surface area contributed by atoms with E-state index in [4.69, 9.17) is 5.11 Å². The predicted octanol–water partition coefficient (Wildman–Crippen LogP) is 3.06. The number of aliphatic carboxylic acids is 1. The average molecular weight is 371 g/mol. The van der Waals surface area contributed by atoms with Crippen LogP contribution in [-0.4, -0.2) is 47.5 Å². The molecule has 0 saturated carbocycles. The number of amides is 1. The fourth-order valence-corrected chi connectivity index (χ4v) is 2.54. The number of carboxylic acids is 1. The second-order valence-corrected chi connectivity index (χ2v) is 5.41. The number of rotatable bonds is 3. The number of carboxylic acid groups (broad SMARTS) is 1. The molecule has 1 aliphatic heterocycles. The summed E-state index contributed by atoms with van der Waals surface area (Å²) in [6.45, 7) is -1.75. The van der Waals surface area contributed by atoms with Crippen LogP contribution in [0.2, 0.25) is 0 Å². The minimum absolute atomic E-state index is 0.556. The Balaban J connectivity index is 2.31. The minimum atomic E-state index is -5.12. The van der Waals surface area contributed by atoms with Crippen LogP contribution >= 0.6 is 0 Å². The van der Waals surface area contributed by atoms with Crippen molar-refractivity contribution in [2.45, 2.75) is 19.0 Å². The molecule has 1 unspecified atom stereocenters. The summed E-state index contributed by atoms with van der Waals surface area (Å²) >= 11 is 0. The maximum atomic E-state index is 13.1. The molecule has 1 aliphatic rings. The maximum absolute atomic E-state index is 13.1. The van der Waals surface area contributed by atoms with E-state index >= 15 is 0 Å². The maximum Gasteiger partial charge on any atom is 0.573 e. The second-order valence-electron chi connectivity index (χ2n) is 5.41. The van der Waals surface area contributed by atoms with Crippen molar-refractivity contribution >= 4 is 11.9 Å². The Kier molecular flexibility index (Phi) is 4.62. The largest absolute Gasteiger partial charge is 0.573 e. The first-order chi connectivity index (χ1) is 11.4. The van der Waals surface area contributed by atoms with Gasteiger partial charge in [-0.25, -0.2) is 0 Å². The standard InChI is InChI=1S/C14H11F6NO4/c15-13(16,17)12(11(23)24)5-6-21(7-12)10(22)8-3-1-2-4-9(8)25-14(18,19)20/h1-4H,5-7H2,(H,23,24). The number of alkyl halides is 6.